The third-order valence-electron chi connectivity index (χ3n) is 1.84. The fourth-order valence-corrected chi connectivity index (χ4v) is 1.21. The molecule has 0 spiro atoms. The van der Waals surface area contributed by atoms with E-state index in [1.807, 2.05) is 13.8 Å². The molecule has 1 N–H and O–H groups in total. The van der Waals surface area contributed by atoms with Crippen LogP contribution in [0.1, 0.15) is 31.1 Å². The first kappa shape index (κ1) is 9.64. The highest BCUT2D eigenvalue weighted by Gasteiger charge is 2.09. The highest BCUT2D eigenvalue weighted by molar-refractivity contribution is 5.73. The van der Waals surface area contributed by atoms with E-state index in [-0.39, 0.29) is 11.9 Å². The summed E-state index contributed by atoms with van der Waals surface area (Å²) in [7, 11) is 0. The van der Waals surface area contributed by atoms with Gasteiger partial charge in [-0.15, -0.1) is 0 Å². The zero-order valence-electron chi connectivity index (χ0n) is 8.03. The van der Waals surface area contributed by atoms with Gasteiger partial charge in [0.1, 0.15) is 6.33 Å². The number of carbonyl (C=O) groups excluding carboxylic acids is 1. The van der Waals surface area contributed by atoms with Crippen molar-refractivity contribution in [3.8, 4) is 0 Å². The Labute approximate surface area is 77.4 Å². The molecule has 0 saturated carbocycles. The molecular formula is C9H13N3O. The number of hydrogen-bond donors (Lipinski definition) is 1. The van der Waals surface area contributed by atoms with Gasteiger partial charge in [-0.2, -0.15) is 0 Å². The summed E-state index contributed by atoms with van der Waals surface area (Å²) >= 11 is 0. The minimum absolute atomic E-state index is 0.0290. The van der Waals surface area contributed by atoms with Crippen LogP contribution in [0.4, 0.5) is 0 Å². The molecular weight excluding hydrogens is 166 g/mol. The molecule has 0 aliphatic rings. The smallest absolute Gasteiger partial charge is 0.217 e. The van der Waals surface area contributed by atoms with Gasteiger partial charge in [0.15, 0.2) is 0 Å². The molecule has 0 fully saturated rings. The minimum atomic E-state index is -0.0456. The zero-order valence-corrected chi connectivity index (χ0v) is 8.03. The van der Waals surface area contributed by atoms with Crippen molar-refractivity contribution in [2.75, 3.05) is 0 Å². The summed E-state index contributed by atoms with van der Waals surface area (Å²) in [4.78, 5) is 18.7. The van der Waals surface area contributed by atoms with E-state index in [0.717, 1.165) is 11.3 Å². The average molecular weight is 179 g/mol. The molecule has 0 aromatic carbocycles. The van der Waals surface area contributed by atoms with E-state index < -0.39 is 0 Å². The SMILES string of the molecule is CC(=O)N[C@H](C)c1cncnc1C. The predicted octanol–water partition coefficient (Wildman–Crippen LogP) is 0.982. The third-order valence-corrected chi connectivity index (χ3v) is 1.84. The molecule has 1 atom stereocenters. The molecule has 0 saturated heterocycles. The lowest BCUT2D eigenvalue weighted by Crippen LogP contribution is -2.24. The lowest BCUT2D eigenvalue weighted by atomic mass is 10.1. The summed E-state index contributed by atoms with van der Waals surface area (Å²) in [6.07, 6.45) is 3.22. The summed E-state index contributed by atoms with van der Waals surface area (Å²) in [5.41, 5.74) is 1.86. The highest BCUT2D eigenvalue weighted by atomic mass is 16.1. The van der Waals surface area contributed by atoms with Crippen molar-refractivity contribution in [3.05, 3.63) is 23.8 Å². The Balaban J connectivity index is 2.82. The number of carbonyl (C=O) groups is 1. The van der Waals surface area contributed by atoms with Gasteiger partial charge in [0.2, 0.25) is 5.91 Å². The number of aromatic nitrogens is 2. The first-order chi connectivity index (χ1) is 6.11. The topological polar surface area (TPSA) is 54.9 Å². The van der Waals surface area contributed by atoms with E-state index in [1.165, 1.54) is 13.3 Å². The van der Waals surface area contributed by atoms with Crippen LogP contribution >= 0.6 is 0 Å². The number of aryl methyl sites for hydroxylation is 1. The van der Waals surface area contributed by atoms with Gasteiger partial charge in [-0.25, -0.2) is 9.97 Å². The first-order valence-electron chi connectivity index (χ1n) is 4.15. The summed E-state index contributed by atoms with van der Waals surface area (Å²) in [5.74, 6) is -0.0456. The molecule has 0 unspecified atom stereocenters. The van der Waals surface area contributed by atoms with Crippen molar-refractivity contribution in [1.29, 1.82) is 0 Å². The van der Waals surface area contributed by atoms with Crippen molar-refractivity contribution in [1.82, 2.24) is 15.3 Å². The molecule has 0 aliphatic carbocycles. The van der Waals surface area contributed by atoms with Crippen molar-refractivity contribution < 1.29 is 4.79 Å². The zero-order chi connectivity index (χ0) is 9.84. The van der Waals surface area contributed by atoms with Gasteiger partial charge >= 0.3 is 0 Å². The Morgan fingerprint density at radius 2 is 2.31 bits per heavy atom. The molecule has 4 heteroatoms. The van der Waals surface area contributed by atoms with Crippen molar-refractivity contribution in [2.45, 2.75) is 26.8 Å². The molecule has 1 amide bonds. The number of rotatable bonds is 2. The molecule has 1 heterocycles. The van der Waals surface area contributed by atoms with Crippen LogP contribution < -0.4 is 5.32 Å². The largest absolute Gasteiger partial charge is 0.350 e. The van der Waals surface area contributed by atoms with Gasteiger partial charge < -0.3 is 5.32 Å². The molecule has 1 aromatic heterocycles. The molecule has 0 aliphatic heterocycles. The normalized spacial score (nSPS) is 12.2. The quantitative estimate of drug-likeness (QED) is 0.736. The first-order valence-corrected chi connectivity index (χ1v) is 4.15. The molecule has 70 valence electrons. The van der Waals surface area contributed by atoms with Crippen LogP contribution in [0.25, 0.3) is 0 Å². The molecule has 1 rings (SSSR count). The summed E-state index contributed by atoms with van der Waals surface area (Å²) in [6.45, 7) is 5.30. The van der Waals surface area contributed by atoms with Crippen LogP contribution in [0.15, 0.2) is 12.5 Å². The van der Waals surface area contributed by atoms with Crippen molar-refractivity contribution >= 4 is 5.91 Å². The maximum atomic E-state index is 10.8. The van der Waals surface area contributed by atoms with Gasteiger partial charge in [-0.3, -0.25) is 4.79 Å². The second-order valence-electron chi connectivity index (χ2n) is 2.99. The van der Waals surface area contributed by atoms with E-state index in [9.17, 15) is 4.79 Å². The highest BCUT2D eigenvalue weighted by Crippen LogP contribution is 2.12. The Bertz CT molecular complexity index is 311. The monoisotopic (exact) mass is 179 g/mol. The average Bonchev–Trinajstić information content (AvgIpc) is 2.03. The van der Waals surface area contributed by atoms with Crippen LogP contribution in [0.2, 0.25) is 0 Å². The van der Waals surface area contributed by atoms with E-state index in [4.69, 9.17) is 0 Å². The van der Waals surface area contributed by atoms with Gasteiger partial charge in [0, 0.05) is 24.4 Å². The van der Waals surface area contributed by atoms with Gasteiger partial charge in [-0.1, -0.05) is 0 Å². The third kappa shape index (κ3) is 2.50. The lowest BCUT2D eigenvalue weighted by molar-refractivity contribution is -0.119. The van der Waals surface area contributed by atoms with Crippen LogP contribution in [-0.2, 0) is 4.79 Å². The number of nitrogens with zero attached hydrogens (tertiary/aromatic N) is 2. The Morgan fingerprint density at radius 3 is 2.85 bits per heavy atom. The second-order valence-corrected chi connectivity index (χ2v) is 2.99. The minimum Gasteiger partial charge on any atom is -0.350 e. The van der Waals surface area contributed by atoms with E-state index >= 15 is 0 Å². The summed E-state index contributed by atoms with van der Waals surface area (Å²) < 4.78 is 0. The molecule has 13 heavy (non-hydrogen) atoms. The van der Waals surface area contributed by atoms with E-state index in [2.05, 4.69) is 15.3 Å². The number of nitrogens with one attached hydrogen (secondary N) is 1. The van der Waals surface area contributed by atoms with Crippen molar-refractivity contribution in [3.63, 3.8) is 0 Å². The van der Waals surface area contributed by atoms with Crippen LogP contribution in [0, 0.1) is 6.92 Å². The Kier molecular flexibility index (Phi) is 2.95. The molecule has 4 nitrogen and oxygen atoms in total. The Morgan fingerprint density at radius 1 is 1.62 bits per heavy atom. The molecule has 0 radical (unpaired) electrons. The van der Waals surface area contributed by atoms with E-state index in [1.54, 1.807) is 6.20 Å². The van der Waals surface area contributed by atoms with Crippen molar-refractivity contribution in [2.24, 2.45) is 0 Å². The maximum absolute atomic E-state index is 10.8. The number of amides is 1. The second kappa shape index (κ2) is 3.98. The van der Waals surface area contributed by atoms with Crippen LogP contribution in [-0.4, -0.2) is 15.9 Å². The van der Waals surface area contributed by atoms with Crippen LogP contribution in [0.5, 0.6) is 0 Å². The van der Waals surface area contributed by atoms with Gasteiger partial charge in [0.25, 0.3) is 0 Å². The van der Waals surface area contributed by atoms with E-state index in [0.29, 0.717) is 0 Å². The maximum Gasteiger partial charge on any atom is 0.217 e. The molecule has 0 bridgehead atoms. The summed E-state index contributed by atoms with van der Waals surface area (Å²) in [5, 5.41) is 2.78. The summed E-state index contributed by atoms with van der Waals surface area (Å²) in [6, 6.07) is -0.0290. The lowest BCUT2D eigenvalue weighted by Gasteiger charge is -2.13. The standard InChI is InChI=1S/C9H13N3O/c1-6-9(4-10-5-11-6)7(2)12-8(3)13/h4-5,7H,1-3H3,(H,12,13)/t7-/m1/s1. The predicted molar refractivity (Wildman–Crippen MR) is 49.0 cm³/mol. The van der Waals surface area contributed by atoms with Gasteiger partial charge in [0.05, 0.1) is 6.04 Å². The molecule has 1 aromatic rings. The fourth-order valence-electron chi connectivity index (χ4n) is 1.21. The van der Waals surface area contributed by atoms with Crippen LogP contribution in [0.3, 0.4) is 0 Å². The Hall–Kier alpha value is -1.45. The van der Waals surface area contributed by atoms with Gasteiger partial charge in [-0.05, 0) is 13.8 Å². The fraction of sp³-hybridized carbons (Fsp3) is 0.444. The number of hydrogen-bond acceptors (Lipinski definition) is 3.